The van der Waals surface area contributed by atoms with Crippen molar-refractivity contribution in [1.82, 2.24) is 4.98 Å². The van der Waals surface area contributed by atoms with Crippen LogP contribution in [-0.2, 0) is 0 Å². The lowest BCUT2D eigenvalue weighted by Gasteiger charge is -1.84. The first kappa shape index (κ1) is 6.28. The average Bonchev–Trinajstić information content (AvgIpc) is 2.14. The highest BCUT2D eigenvalue weighted by Crippen LogP contribution is 2.20. The van der Waals surface area contributed by atoms with E-state index in [4.69, 9.17) is 4.74 Å². The third kappa shape index (κ3) is 1.32. The summed E-state index contributed by atoms with van der Waals surface area (Å²) in [5, 5.41) is 0.731. The second-order valence-corrected chi connectivity index (χ2v) is 4.02. The van der Waals surface area contributed by atoms with Gasteiger partial charge in [-0.25, -0.2) is 4.98 Å². The van der Waals surface area contributed by atoms with Crippen LogP contribution in [0, 0.1) is 2.88 Å². The molecule has 0 aliphatic carbocycles. The molecule has 8 heavy (non-hydrogen) atoms. The Morgan fingerprint density at radius 3 is 2.88 bits per heavy atom. The van der Waals surface area contributed by atoms with Crippen LogP contribution >= 0.6 is 33.9 Å². The standard InChI is InChI=1S/C4H4INOS/c1-7-4-6-2-3(5)8-4/h2H,1H3. The minimum atomic E-state index is 0.731. The van der Waals surface area contributed by atoms with Crippen LogP contribution in [0.25, 0.3) is 0 Å². The van der Waals surface area contributed by atoms with Gasteiger partial charge in [-0.1, -0.05) is 11.3 Å². The smallest absolute Gasteiger partial charge is 0.273 e. The summed E-state index contributed by atoms with van der Waals surface area (Å²) in [5.74, 6) is 0. The van der Waals surface area contributed by atoms with Gasteiger partial charge in [-0.05, 0) is 22.6 Å². The van der Waals surface area contributed by atoms with Crippen LogP contribution in [0.1, 0.15) is 0 Å². The normalized spacial score (nSPS) is 9.25. The number of thiazole rings is 1. The lowest BCUT2D eigenvalue weighted by molar-refractivity contribution is 0.412. The third-order valence-electron chi connectivity index (χ3n) is 0.631. The second kappa shape index (κ2) is 2.63. The lowest BCUT2D eigenvalue weighted by atomic mass is 11.0. The van der Waals surface area contributed by atoms with Crippen LogP contribution in [0.5, 0.6) is 5.19 Å². The molecule has 0 aliphatic heterocycles. The van der Waals surface area contributed by atoms with E-state index in [-0.39, 0.29) is 0 Å². The highest BCUT2D eigenvalue weighted by molar-refractivity contribution is 14.1. The second-order valence-electron chi connectivity index (χ2n) is 1.13. The third-order valence-corrected chi connectivity index (χ3v) is 2.32. The summed E-state index contributed by atoms with van der Waals surface area (Å²) in [6, 6.07) is 0. The van der Waals surface area contributed by atoms with Crippen LogP contribution in [-0.4, -0.2) is 12.1 Å². The zero-order valence-electron chi connectivity index (χ0n) is 4.22. The van der Waals surface area contributed by atoms with Crippen LogP contribution in [0.4, 0.5) is 0 Å². The van der Waals surface area contributed by atoms with Gasteiger partial charge in [-0.3, -0.25) is 0 Å². The van der Waals surface area contributed by atoms with E-state index in [0.29, 0.717) is 0 Å². The molecule has 0 saturated carbocycles. The summed E-state index contributed by atoms with van der Waals surface area (Å²) < 4.78 is 5.99. The van der Waals surface area contributed by atoms with Gasteiger partial charge in [0.05, 0.1) is 16.2 Å². The molecule has 1 heterocycles. The molecule has 0 amide bonds. The highest BCUT2D eigenvalue weighted by Gasteiger charge is 1.94. The summed E-state index contributed by atoms with van der Waals surface area (Å²) >= 11 is 3.74. The summed E-state index contributed by atoms with van der Waals surface area (Å²) in [5.41, 5.74) is 0. The molecule has 0 radical (unpaired) electrons. The van der Waals surface area contributed by atoms with Gasteiger partial charge in [0, 0.05) is 0 Å². The van der Waals surface area contributed by atoms with Crippen LogP contribution < -0.4 is 4.74 Å². The molecule has 0 aliphatic rings. The van der Waals surface area contributed by atoms with Crippen molar-refractivity contribution in [1.29, 1.82) is 0 Å². The van der Waals surface area contributed by atoms with Crippen molar-refractivity contribution in [3.63, 3.8) is 0 Å². The van der Waals surface area contributed by atoms with Gasteiger partial charge >= 0.3 is 0 Å². The van der Waals surface area contributed by atoms with E-state index >= 15 is 0 Å². The summed E-state index contributed by atoms with van der Waals surface area (Å²) in [7, 11) is 1.62. The van der Waals surface area contributed by atoms with E-state index in [1.54, 1.807) is 24.6 Å². The number of methoxy groups -OCH3 is 1. The SMILES string of the molecule is COc1ncc(I)s1. The number of hydrogen-bond acceptors (Lipinski definition) is 3. The molecule has 4 heteroatoms. The van der Waals surface area contributed by atoms with E-state index in [9.17, 15) is 0 Å². The summed E-state index contributed by atoms with van der Waals surface area (Å²) in [6.07, 6.45) is 1.78. The fourth-order valence-electron chi connectivity index (χ4n) is 0.334. The van der Waals surface area contributed by atoms with Crippen LogP contribution in [0.3, 0.4) is 0 Å². The van der Waals surface area contributed by atoms with E-state index in [0.717, 1.165) is 8.08 Å². The molecular formula is C4H4INOS. The van der Waals surface area contributed by atoms with E-state index in [1.165, 1.54) is 0 Å². The number of rotatable bonds is 1. The van der Waals surface area contributed by atoms with Gasteiger partial charge in [0.2, 0.25) is 0 Å². The topological polar surface area (TPSA) is 22.1 Å². The van der Waals surface area contributed by atoms with Crippen molar-refractivity contribution in [3.05, 3.63) is 9.08 Å². The molecule has 1 rings (SSSR count). The monoisotopic (exact) mass is 241 g/mol. The zero-order chi connectivity index (χ0) is 5.98. The first-order chi connectivity index (χ1) is 3.83. The Hall–Kier alpha value is 0.160. The molecule has 0 bridgehead atoms. The fraction of sp³-hybridized carbons (Fsp3) is 0.250. The zero-order valence-corrected chi connectivity index (χ0v) is 7.19. The molecule has 2 nitrogen and oxygen atoms in total. The van der Waals surface area contributed by atoms with Crippen molar-refractivity contribution < 1.29 is 4.74 Å². The first-order valence-electron chi connectivity index (χ1n) is 1.98. The van der Waals surface area contributed by atoms with Gasteiger partial charge < -0.3 is 4.74 Å². The van der Waals surface area contributed by atoms with E-state index < -0.39 is 0 Å². The molecular weight excluding hydrogens is 237 g/mol. The fourth-order valence-corrected chi connectivity index (χ4v) is 1.50. The average molecular weight is 241 g/mol. The van der Waals surface area contributed by atoms with Gasteiger partial charge in [-0.2, -0.15) is 0 Å². The predicted octanol–water partition coefficient (Wildman–Crippen LogP) is 1.76. The molecule has 44 valence electrons. The minimum absolute atomic E-state index is 0.731. The van der Waals surface area contributed by atoms with Gasteiger partial charge in [0.15, 0.2) is 0 Å². The highest BCUT2D eigenvalue weighted by atomic mass is 127. The number of aromatic nitrogens is 1. The molecule has 1 aromatic rings. The Balaban J connectivity index is 2.84. The Morgan fingerprint density at radius 2 is 2.62 bits per heavy atom. The Morgan fingerprint density at radius 1 is 1.88 bits per heavy atom. The molecule has 0 unspecified atom stereocenters. The lowest BCUT2D eigenvalue weighted by Crippen LogP contribution is -1.76. The number of hydrogen-bond donors (Lipinski definition) is 0. The maximum Gasteiger partial charge on any atom is 0.273 e. The van der Waals surface area contributed by atoms with Crippen molar-refractivity contribution in [2.45, 2.75) is 0 Å². The van der Waals surface area contributed by atoms with Crippen molar-refractivity contribution in [2.75, 3.05) is 7.11 Å². The van der Waals surface area contributed by atoms with Gasteiger partial charge in [0.1, 0.15) is 0 Å². The van der Waals surface area contributed by atoms with Crippen molar-refractivity contribution in [2.24, 2.45) is 0 Å². The van der Waals surface area contributed by atoms with E-state index in [2.05, 4.69) is 27.6 Å². The first-order valence-corrected chi connectivity index (χ1v) is 3.88. The maximum absolute atomic E-state index is 4.84. The largest absolute Gasteiger partial charge is 0.473 e. The Labute approximate surface area is 65.0 Å². The number of ether oxygens (including phenoxy) is 1. The molecule has 0 aromatic carbocycles. The van der Waals surface area contributed by atoms with E-state index in [1.807, 2.05) is 0 Å². The molecule has 0 fully saturated rings. The minimum Gasteiger partial charge on any atom is -0.473 e. The summed E-state index contributed by atoms with van der Waals surface area (Å²) in [6.45, 7) is 0. The van der Waals surface area contributed by atoms with Gasteiger partial charge in [0.25, 0.3) is 5.19 Å². The predicted molar refractivity (Wildman–Crippen MR) is 41.4 cm³/mol. The molecule has 1 aromatic heterocycles. The quantitative estimate of drug-likeness (QED) is 0.699. The number of halogens is 1. The van der Waals surface area contributed by atoms with Crippen LogP contribution in [0.15, 0.2) is 6.20 Å². The molecule has 0 saturated heterocycles. The van der Waals surface area contributed by atoms with Crippen molar-refractivity contribution in [3.8, 4) is 5.19 Å². The molecule has 0 N–H and O–H groups in total. The van der Waals surface area contributed by atoms with Crippen LogP contribution in [0.2, 0.25) is 0 Å². The van der Waals surface area contributed by atoms with Crippen molar-refractivity contribution >= 4 is 33.9 Å². The Kier molecular flexibility index (Phi) is 2.07. The molecule has 0 spiro atoms. The molecule has 0 atom stereocenters. The van der Waals surface area contributed by atoms with Gasteiger partial charge in [-0.15, -0.1) is 0 Å². The maximum atomic E-state index is 4.84. The summed E-state index contributed by atoms with van der Waals surface area (Å²) in [4.78, 5) is 3.92. The Bertz CT molecular complexity index is 176. The number of nitrogens with zero attached hydrogens (tertiary/aromatic N) is 1.